The number of aromatic hydroxyl groups is 1. The quantitative estimate of drug-likeness (QED) is 0.257. The summed E-state index contributed by atoms with van der Waals surface area (Å²) < 4.78 is 6.39. The smallest absolute Gasteiger partial charge is 0.277 e. The molecule has 0 fully saturated rings. The number of ether oxygens (including phenoxy) is 1. The third kappa shape index (κ3) is 7.04. The van der Waals surface area contributed by atoms with E-state index in [1.807, 2.05) is 56.3 Å². The van der Waals surface area contributed by atoms with Crippen molar-refractivity contribution < 1.29 is 14.6 Å². The van der Waals surface area contributed by atoms with E-state index in [-0.39, 0.29) is 12.4 Å². The molecule has 0 heterocycles. The van der Waals surface area contributed by atoms with E-state index in [0.717, 1.165) is 15.6 Å². The van der Waals surface area contributed by atoms with Crippen LogP contribution in [0.4, 0.5) is 11.4 Å². The highest BCUT2D eigenvalue weighted by Gasteiger charge is 2.04. The van der Waals surface area contributed by atoms with Gasteiger partial charge in [0.2, 0.25) is 0 Å². The largest absolute Gasteiger partial charge is 0.507 e. The molecule has 1 amide bonds. The summed E-state index contributed by atoms with van der Waals surface area (Å²) in [5.74, 6) is 0.212. The fraction of sp³-hybridized carbons (Fsp3) is 0.130. The van der Waals surface area contributed by atoms with E-state index < -0.39 is 5.91 Å². The summed E-state index contributed by atoms with van der Waals surface area (Å²) in [6.07, 6.45) is 1.34. The number of phenolic OH excluding ortho intramolecular Hbond substituents is 1. The lowest BCUT2D eigenvalue weighted by Crippen LogP contribution is -2.24. The van der Waals surface area contributed by atoms with Crippen molar-refractivity contribution in [3.8, 4) is 11.5 Å². The molecule has 0 aliphatic carbocycles. The standard InChI is InChI=1S/C23H21BrN4O3/c1-15-8-16(2)10-21(9-15)31-14-23(30)28-25-13-17-11-20(6-7-22(17)29)27-26-19-5-3-4-18(24)12-19/h3-13,29H,14H2,1-2H3,(H,28,30)/b25-13+,27-26?. The van der Waals surface area contributed by atoms with Crippen molar-refractivity contribution in [1.82, 2.24) is 5.43 Å². The van der Waals surface area contributed by atoms with Gasteiger partial charge >= 0.3 is 0 Å². The van der Waals surface area contributed by atoms with Gasteiger partial charge in [-0.3, -0.25) is 4.79 Å². The van der Waals surface area contributed by atoms with Crippen LogP contribution in [0.25, 0.3) is 0 Å². The number of rotatable bonds is 7. The number of benzene rings is 3. The van der Waals surface area contributed by atoms with Crippen LogP contribution in [-0.4, -0.2) is 23.8 Å². The first kappa shape index (κ1) is 22.2. The van der Waals surface area contributed by atoms with Crippen LogP contribution in [0.15, 0.2) is 80.5 Å². The average molecular weight is 481 g/mol. The SMILES string of the molecule is Cc1cc(C)cc(OCC(=O)N/N=C/c2cc(N=Nc3cccc(Br)c3)ccc2O)c1. The molecule has 0 aliphatic rings. The number of hydrazone groups is 1. The highest BCUT2D eigenvalue weighted by atomic mass is 79.9. The summed E-state index contributed by atoms with van der Waals surface area (Å²) in [5.41, 5.74) is 6.10. The summed E-state index contributed by atoms with van der Waals surface area (Å²) in [6.45, 7) is 3.75. The highest BCUT2D eigenvalue weighted by molar-refractivity contribution is 9.10. The Bertz CT molecular complexity index is 1130. The van der Waals surface area contributed by atoms with Crippen LogP contribution in [0, 0.1) is 13.8 Å². The molecular formula is C23H21BrN4O3. The topological polar surface area (TPSA) is 95.6 Å². The van der Waals surface area contributed by atoms with E-state index in [0.29, 0.717) is 22.7 Å². The molecule has 2 N–H and O–H groups in total. The molecule has 0 saturated carbocycles. The summed E-state index contributed by atoms with van der Waals surface area (Å²) >= 11 is 3.38. The van der Waals surface area contributed by atoms with Crippen LogP contribution in [0.5, 0.6) is 11.5 Å². The van der Waals surface area contributed by atoms with Crippen molar-refractivity contribution >= 4 is 39.4 Å². The highest BCUT2D eigenvalue weighted by Crippen LogP contribution is 2.25. The second-order valence-corrected chi connectivity index (χ2v) is 7.74. The number of aryl methyl sites for hydroxylation is 2. The lowest BCUT2D eigenvalue weighted by atomic mass is 10.1. The number of hydrogen-bond acceptors (Lipinski definition) is 6. The predicted molar refractivity (Wildman–Crippen MR) is 124 cm³/mol. The number of hydrogen-bond donors (Lipinski definition) is 2. The Morgan fingerprint density at radius 1 is 1.03 bits per heavy atom. The van der Waals surface area contributed by atoms with Gasteiger partial charge in [0.15, 0.2) is 6.61 Å². The summed E-state index contributed by atoms with van der Waals surface area (Å²) in [4.78, 5) is 12.0. The minimum Gasteiger partial charge on any atom is -0.507 e. The number of nitrogens with one attached hydrogen (secondary N) is 1. The Morgan fingerprint density at radius 2 is 1.74 bits per heavy atom. The molecule has 0 aromatic heterocycles. The molecule has 0 spiro atoms. The Kier molecular flexibility index (Phi) is 7.50. The number of carbonyl (C=O) groups excluding carboxylic acids is 1. The van der Waals surface area contributed by atoms with Crippen LogP contribution >= 0.6 is 15.9 Å². The van der Waals surface area contributed by atoms with E-state index >= 15 is 0 Å². The number of amides is 1. The monoisotopic (exact) mass is 480 g/mol. The Morgan fingerprint density at radius 3 is 2.45 bits per heavy atom. The first-order valence-corrected chi connectivity index (χ1v) is 10.2. The summed E-state index contributed by atoms with van der Waals surface area (Å²) in [7, 11) is 0. The molecule has 7 nitrogen and oxygen atoms in total. The van der Waals surface area contributed by atoms with E-state index in [1.54, 1.807) is 12.1 Å². The van der Waals surface area contributed by atoms with Gasteiger partial charge in [0.1, 0.15) is 11.5 Å². The maximum Gasteiger partial charge on any atom is 0.277 e. The van der Waals surface area contributed by atoms with Gasteiger partial charge in [0, 0.05) is 10.0 Å². The van der Waals surface area contributed by atoms with Crippen LogP contribution in [-0.2, 0) is 4.79 Å². The number of azo groups is 1. The maximum absolute atomic E-state index is 12.0. The molecule has 0 saturated heterocycles. The number of nitrogens with zero attached hydrogens (tertiary/aromatic N) is 3. The van der Waals surface area contributed by atoms with Crippen LogP contribution in [0.1, 0.15) is 16.7 Å². The summed E-state index contributed by atoms with van der Waals surface area (Å²) in [6, 6.07) is 17.9. The second kappa shape index (κ2) is 10.5. The minimum absolute atomic E-state index is 0.00545. The van der Waals surface area contributed by atoms with Gasteiger partial charge < -0.3 is 9.84 Å². The second-order valence-electron chi connectivity index (χ2n) is 6.83. The van der Waals surface area contributed by atoms with Gasteiger partial charge in [0.05, 0.1) is 17.6 Å². The zero-order chi connectivity index (χ0) is 22.2. The van der Waals surface area contributed by atoms with Gasteiger partial charge in [-0.2, -0.15) is 15.3 Å². The van der Waals surface area contributed by atoms with Gasteiger partial charge in [-0.05, 0) is 73.5 Å². The molecule has 3 aromatic rings. The Hall–Kier alpha value is -3.52. The van der Waals surface area contributed by atoms with E-state index in [9.17, 15) is 9.90 Å². The Labute approximate surface area is 188 Å². The van der Waals surface area contributed by atoms with Crippen LogP contribution in [0.3, 0.4) is 0 Å². The lowest BCUT2D eigenvalue weighted by molar-refractivity contribution is -0.123. The molecule has 3 rings (SSSR count). The van der Waals surface area contributed by atoms with E-state index in [2.05, 4.69) is 36.7 Å². The third-order valence-electron chi connectivity index (χ3n) is 4.06. The molecular weight excluding hydrogens is 460 g/mol. The van der Waals surface area contributed by atoms with E-state index in [4.69, 9.17) is 4.74 Å². The normalized spacial score (nSPS) is 11.2. The zero-order valence-corrected chi connectivity index (χ0v) is 18.6. The van der Waals surface area contributed by atoms with Crippen molar-refractivity contribution in [3.63, 3.8) is 0 Å². The minimum atomic E-state index is -0.416. The Balaban J connectivity index is 1.58. The van der Waals surface area contributed by atoms with Crippen molar-refractivity contribution in [2.24, 2.45) is 15.3 Å². The van der Waals surface area contributed by atoms with Crippen LogP contribution < -0.4 is 10.2 Å². The number of carbonyl (C=O) groups is 1. The first-order valence-electron chi connectivity index (χ1n) is 9.42. The van der Waals surface area contributed by atoms with Gasteiger partial charge in [-0.15, -0.1) is 0 Å². The molecule has 8 heteroatoms. The van der Waals surface area contributed by atoms with Crippen molar-refractivity contribution in [2.75, 3.05) is 6.61 Å². The van der Waals surface area contributed by atoms with Gasteiger partial charge in [0.25, 0.3) is 5.91 Å². The molecule has 3 aromatic carbocycles. The molecule has 0 radical (unpaired) electrons. The first-order chi connectivity index (χ1) is 14.9. The molecule has 158 valence electrons. The maximum atomic E-state index is 12.0. The molecule has 0 bridgehead atoms. The van der Waals surface area contributed by atoms with Gasteiger partial charge in [-0.25, -0.2) is 5.43 Å². The third-order valence-corrected chi connectivity index (χ3v) is 4.55. The number of halogens is 1. The molecule has 31 heavy (non-hydrogen) atoms. The fourth-order valence-electron chi connectivity index (χ4n) is 2.73. The van der Waals surface area contributed by atoms with Gasteiger partial charge in [-0.1, -0.05) is 28.1 Å². The zero-order valence-electron chi connectivity index (χ0n) is 17.0. The molecule has 0 unspecified atom stereocenters. The van der Waals surface area contributed by atoms with Crippen LogP contribution in [0.2, 0.25) is 0 Å². The lowest BCUT2D eigenvalue weighted by Gasteiger charge is -2.07. The summed E-state index contributed by atoms with van der Waals surface area (Å²) in [5, 5.41) is 22.2. The molecule has 0 aliphatic heterocycles. The predicted octanol–water partition coefficient (Wildman–Crippen LogP) is 5.72. The number of phenols is 1. The van der Waals surface area contributed by atoms with E-state index in [1.165, 1.54) is 12.3 Å². The average Bonchev–Trinajstić information content (AvgIpc) is 2.72. The molecule has 0 atom stereocenters. The van der Waals surface area contributed by atoms with Crippen molar-refractivity contribution in [3.05, 3.63) is 81.8 Å². The van der Waals surface area contributed by atoms with Crippen molar-refractivity contribution in [1.29, 1.82) is 0 Å². The van der Waals surface area contributed by atoms with Crippen molar-refractivity contribution in [2.45, 2.75) is 13.8 Å². The fourth-order valence-corrected chi connectivity index (χ4v) is 3.12.